The Morgan fingerprint density at radius 1 is 0.408 bits per heavy atom. The van der Waals surface area contributed by atoms with E-state index in [9.17, 15) is 0 Å². The standard InChI is InChI=1S/C46H29NOS/c1-2-13-34-30(11-1)12-9-17-35(34)31-23-26-33(27-24-31)47(41-19-10-22-45-46(41)38-16-5-8-21-44(38)49-45)40-18-6-3-14-36(40)32-25-28-43-39(29-32)37-15-4-7-20-42(37)48-43/h1-29H. The molecule has 230 valence electrons. The van der Waals surface area contributed by atoms with Crippen molar-refractivity contribution in [2.45, 2.75) is 0 Å². The number of anilines is 3. The average molecular weight is 644 g/mol. The van der Waals surface area contributed by atoms with Crippen LogP contribution in [0.1, 0.15) is 0 Å². The number of fused-ring (bicyclic) bond motifs is 7. The molecule has 0 radical (unpaired) electrons. The number of rotatable bonds is 5. The second-order valence-corrected chi connectivity index (χ2v) is 13.6. The second-order valence-electron chi connectivity index (χ2n) is 12.5. The van der Waals surface area contributed by atoms with Crippen molar-refractivity contribution in [2.24, 2.45) is 0 Å². The molecule has 49 heavy (non-hydrogen) atoms. The van der Waals surface area contributed by atoms with E-state index in [1.165, 1.54) is 42.1 Å². The van der Waals surface area contributed by atoms with Gasteiger partial charge in [0, 0.05) is 42.2 Å². The van der Waals surface area contributed by atoms with E-state index in [0.717, 1.165) is 50.1 Å². The van der Waals surface area contributed by atoms with Crippen LogP contribution in [-0.4, -0.2) is 0 Å². The molecule has 0 spiro atoms. The first-order valence-electron chi connectivity index (χ1n) is 16.6. The van der Waals surface area contributed by atoms with Gasteiger partial charge < -0.3 is 9.32 Å². The lowest BCUT2D eigenvalue weighted by Gasteiger charge is -2.29. The lowest BCUT2D eigenvalue weighted by Crippen LogP contribution is -2.11. The molecule has 10 rings (SSSR count). The zero-order chi connectivity index (χ0) is 32.3. The predicted octanol–water partition coefficient (Wildman–Crippen LogP) is 13.9. The maximum atomic E-state index is 6.20. The van der Waals surface area contributed by atoms with Gasteiger partial charge in [0.25, 0.3) is 0 Å². The molecule has 2 heterocycles. The molecule has 0 amide bonds. The Bertz CT molecular complexity index is 2840. The molecule has 8 aromatic carbocycles. The first-order valence-corrected chi connectivity index (χ1v) is 17.4. The topological polar surface area (TPSA) is 16.4 Å². The highest BCUT2D eigenvalue weighted by Gasteiger charge is 2.22. The van der Waals surface area contributed by atoms with Crippen LogP contribution < -0.4 is 4.90 Å². The summed E-state index contributed by atoms with van der Waals surface area (Å²) in [5.41, 5.74) is 9.94. The van der Waals surface area contributed by atoms with Crippen LogP contribution in [0.25, 0.3) is 75.1 Å². The van der Waals surface area contributed by atoms with Crippen molar-refractivity contribution in [1.82, 2.24) is 0 Å². The summed E-state index contributed by atoms with van der Waals surface area (Å²) in [6.45, 7) is 0. The van der Waals surface area contributed by atoms with Crippen LogP contribution >= 0.6 is 11.3 Å². The fraction of sp³-hybridized carbons (Fsp3) is 0. The van der Waals surface area contributed by atoms with Crippen LogP contribution in [0, 0.1) is 0 Å². The fourth-order valence-electron chi connectivity index (χ4n) is 7.42. The minimum Gasteiger partial charge on any atom is -0.456 e. The van der Waals surface area contributed by atoms with E-state index in [0.29, 0.717) is 0 Å². The Balaban J connectivity index is 1.20. The van der Waals surface area contributed by atoms with Crippen molar-refractivity contribution in [3.05, 3.63) is 176 Å². The predicted molar refractivity (Wildman–Crippen MR) is 210 cm³/mol. The van der Waals surface area contributed by atoms with E-state index in [4.69, 9.17) is 4.42 Å². The Kier molecular flexibility index (Phi) is 6.39. The van der Waals surface area contributed by atoms with Gasteiger partial charge in [-0.3, -0.25) is 0 Å². The van der Waals surface area contributed by atoms with Crippen molar-refractivity contribution in [1.29, 1.82) is 0 Å². The van der Waals surface area contributed by atoms with Crippen LogP contribution in [0.2, 0.25) is 0 Å². The van der Waals surface area contributed by atoms with Gasteiger partial charge in [-0.25, -0.2) is 0 Å². The van der Waals surface area contributed by atoms with E-state index in [1.807, 2.05) is 23.5 Å². The normalized spacial score (nSPS) is 11.7. The fourth-order valence-corrected chi connectivity index (χ4v) is 8.55. The molecule has 0 N–H and O–H groups in total. The van der Waals surface area contributed by atoms with Crippen LogP contribution in [0.4, 0.5) is 17.1 Å². The largest absolute Gasteiger partial charge is 0.456 e. The molecule has 0 saturated carbocycles. The Morgan fingerprint density at radius 3 is 1.96 bits per heavy atom. The number of nitrogens with zero attached hydrogens (tertiary/aromatic N) is 1. The molecular formula is C46H29NOS. The first-order chi connectivity index (χ1) is 24.3. The van der Waals surface area contributed by atoms with Gasteiger partial charge in [0.15, 0.2) is 0 Å². The Hall–Kier alpha value is -6.16. The quantitative estimate of drug-likeness (QED) is 0.186. The first kappa shape index (κ1) is 27.9. The van der Waals surface area contributed by atoms with Gasteiger partial charge in [0.1, 0.15) is 11.2 Å². The van der Waals surface area contributed by atoms with Crippen molar-refractivity contribution in [3.8, 4) is 22.3 Å². The Morgan fingerprint density at radius 2 is 1.04 bits per heavy atom. The van der Waals surface area contributed by atoms with E-state index < -0.39 is 0 Å². The number of para-hydroxylation sites is 2. The molecule has 0 aliphatic carbocycles. The average Bonchev–Trinajstić information content (AvgIpc) is 3.74. The molecular weight excluding hydrogens is 615 g/mol. The third-order valence-corrected chi connectivity index (χ3v) is 10.8. The van der Waals surface area contributed by atoms with Gasteiger partial charge in [-0.2, -0.15) is 0 Å². The number of furan rings is 1. The molecule has 3 heteroatoms. The highest BCUT2D eigenvalue weighted by Crippen LogP contribution is 2.48. The van der Waals surface area contributed by atoms with Crippen LogP contribution in [-0.2, 0) is 0 Å². The molecule has 0 bridgehead atoms. The van der Waals surface area contributed by atoms with Gasteiger partial charge in [0.2, 0.25) is 0 Å². The van der Waals surface area contributed by atoms with Gasteiger partial charge in [-0.1, -0.05) is 121 Å². The van der Waals surface area contributed by atoms with Gasteiger partial charge in [-0.05, 0) is 82.1 Å². The number of thiophene rings is 1. The highest BCUT2D eigenvalue weighted by molar-refractivity contribution is 7.26. The lowest BCUT2D eigenvalue weighted by atomic mass is 9.97. The summed E-state index contributed by atoms with van der Waals surface area (Å²) in [4.78, 5) is 2.45. The van der Waals surface area contributed by atoms with Crippen molar-refractivity contribution < 1.29 is 4.42 Å². The number of hydrogen-bond acceptors (Lipinski definition) is 3. The molecule has 0 unspecified atom stereocenters. The zero-order valence-corrected chi connectivity index (χ0v) is 27.3. The van der Waals surface area contributed by atoms with Crippen LogP contribution in [0.15, 0.2) is 180 Å². The minimum atomic E-state index is 0.901. The lowest BCUT2D eigenvalue weighted by molar-refractivity contribution is 0.669. The smallest absolute Gasteiger partial charge is 0.135 e. The maximum Gasteiger partial charge on any atom is 0.135 e. The molecule has 2 nitrogen and oxygen atoms in total. The maximum absolute atomic E-state index is 6.20. The van der Waals surface area contributed by atoms with E-state index in [-0.39, 0.29) is 0 Å². The van der Waals surface area contributed by atoms with Gasteiger partial charge >= 0.3 is 0 Å². The zero-order valence-electron chi connectivity index (χ0n) is 26.5. The Labute approximate surface area is 287 Å². The number of benzene rings is 8. The number of hydrogen-bond donors (Lipinski definition) is 0. The van der Waals surface area contributed by atoms with Crippen molar-refractivity contribution >= 4 is 81.3 Å². The summed E-state index contributed by atoms with van der Waals surface area (Å²) in [6, 6.07) is 63.3. The summed E-state index contributed by atoms with van der Waals surface area (Å²) < 4.78 is 8.78. The monoisotopic (exact) mass is 643 g/mol. The van der Waals surface area contributed by atoms with Crippen LogP contribution in [0.5, 0.6) is 0 Å². The molecule has 0 aliphatic heterocycles. The molecule has 10 aromatic rings. The second kappa shape index (κ2) is 11.2. The third-order valence-electron chi connectivity index (χ3n) is 9.68. The van der Waals surface area contributed by atoms with Crippen molar-refractivity contribution in [2.75, 3.05) is 4.90 Å². The van der Waals surface area contributed by atoms with Gasteiger partial charge in [-0.15, -0.1) is 11.3 Å². The summed E-state index contributed by atoms with van der Waals surface area (Å²) in [5, 5.41) is 7.31. The van der Waals surface area contributed by atoms with Crippen molar-refractivity contribution in [3.63, 3.8) is 0 Å². The van der Waals surface area contributed by atoms with E-state index in [1.54, 1.807) is 0 Å². The summed E-state index contributed by atoms with van der Waals surface area (Å²) >= 11 is 1.85. The van der Waals surface area contributed by atoms with E-state index >= 15 is 0 Å². The molecule has 0 saturated heterocycles. The summed E-state index contributed by atoms with van der Waals surface area (Å²) in [6.07, 6.45) is 0. The summed E-state index contributed by atoms with van der Waals surface area (Å²) in [5.74, 6) is 0. The molecule has 0 aliphatic rings. The SMILES string of the molecule is c1ccc(N(c2ccc(-c3cccc4ccccc34)cc2)c2cccc3sc4ccccc4c23)c(-c2ccc3oc4ccccc4c3c2)c1. The molecule has 2 aromatic heterocycles. The molecule has 0 atom stereocenters. The molecule has 0 fully saturated rings. The minimum absolute atomic E-state index is 0.901. The van der Waals surface area contributed by atoms with Gasteiger partial charge in [0.05, 0.1) is 11.4 Å². The third kappa shape index (κ3) is 4.55. The summed E-state index contributed by atoms with van der Waals surface area (Å²) in [7, 11) is 0. The van der Waals surface area contributed by atoms with Crippen LogP contribution in [0.3, 0.4) is 0 Å². The highest BCUT2D eigenvalue weighted by atomic mass is 32.1. The van der Waals surface area contributed by atoms with E-state index in [2.05, 4.69) is 169 Å².